The van der Waals surface area contributed by atoms with Crippen LogP contribution in [0.5, 0.6) is 0 Å². The number of hydrogen-bond donors (Lipinski definition) is 3. The molecule has 0 bridgehead atoms. The van der Waals surface area contributed by atoms with Gasteiger partial charge in [-0.1, -0.05) is 26.8 Å². The van der Waals surface area contributed by atoms with Crippen LogP contribution in [0, 0.1) is 5.82 Å². The first-order valence-corrected chi connectivity index (χ1v) is 13.9. The number of amides is 2. The molecule has 0 atom stereocenters. The number of hydrogen-bond acceptors (Lipinski definition) is 6. The van der Waals surface area contributed by atoms with Crippen molar-refractivity contribution in [3.05, 3.63) is 54.0 Å². The average molecular weight is 546 g/mol. The number of fused-ring (bicyclic) bond motifs is 1. The van der Waals surface area contributed by atoms with Crippen molar-refractivity contribution in [3.8, 4) is 11.3 Å². The molecule has 1 aliphatic heterocycles. The Labute approximate surface area is 232 Å². The summed E-state index contributed by atoms with van der Waals surface area (Å²) in [5.74, 6) is 1.67. The van der Waals surface area contributed by atoms with Crippen LogP contribution >= 0.6 is 0 Å². The molecule has 4 heterocycles. The van der Waals surface area contributed by atoms with Gasteiger partial charge in [-0.15, -0.1) is 0 Å². The fourth-order valence-corrected chi connectivity index (χ4v) is 5.32. The minimum Gasteiger partial charge on any atom is -0.382 e. The molecule has 0 spiro atoms. The molecule has 2 fully saturated rings. The molecule has 0 unspecified atom stereocenters. The van der Waals surface area contributed by atoms with E-state index in [1.807, 2.05) is 21.3 Å². The lowest BCUT2D eigenvalue weighted by atomic mass is 9.92. The van der Waals surface area contributed by atoms with Crippen molar-refractivity contribution >= 4 is 28.9 Å². The molecule has 1 aromatic carbocycles. The van der Waals surface area contributed by atoms with Crippen LogP contribution in [0.4, 0.5) is 26.5 Å². The molecule has 3 aromatic heterocycles. The quantitative estimate of drug-likeness (QED) is 0.309. The molecule has 210 valence electrons. The Kier molecular flexibility index (Phi) is 6.48. The van der Waals surface area contributed by atoms with Crippen LogP contribution < -0.4 is 16.4 Å². The number of nitrogens with zero attached hydrogens (tertiary/aromatic N) is 6. The first kappa shape index (κ1) is 26.2. The lowest BCUT2D eigenvalue weighted by Gasteiger charge is -2.30. The Morgan fingerprint density at radius 3 is 2.52 bits per heavy atom. The van der Waals surface area contributed by atoms with Gasteiger partial charge in [0.25, 0.3) is 0 Å². The molecule has 4 aromatic rings. The third kappa shape index (κ3) is 5.01. The lowest BCUT2D eigenvalue weighted by molar-refractivity contribution is 0.212. The number of nitrogens with one attached hydrogen (secondary N) is 2. The molecule has 2 amide bonds. The van der Waals surface area contributed by atoms with Gasteiger partial charge in [-0.25, -0.2) is 23.8 Å². The standard InChI is InChI=1S/C29H36FN9O/c1-29(2,3)22-16-23(39(36-22)19-9-12-37(4)13-10-19)34-28(40)33-21-8-7-18(15-20(21)30)24-25-26(31)32-11-14-38(25)27(35-24)17-5-6-17/h7-8,11,14-17,19H,5-6,9-10,12-13H2,1-4H3,(H2,31,32)(H2,33,34,40). The van der Waals surface area contributed by atoms with E-state index in [9.17, 15) is 4.79 Å². The Hall–Kier alpha value is -3.99. The van der Waals surface area contributed by atoms with Crippen LogP contribution in [-0.2, 0) is 5.41 Å². The van der Waals surface area contributed by atoms with E-state index in [2.05, 4.69) is 48.3 Å². The van der Waals surface area contributed by atoms with Gasteiger partial charge in [0.1, 0.15) is 34.5 Å². The second-order valence-corrected chi connectivity index (χ2v) is 12.0. The van der Waals surface area contributed by atoms with Crippen molar-refractivity contribution < 1.29 is 9.18 Å². The summed E-state index contributed by atoms with van der Waals surface area (Å²) < 4.78 is 19.2. The van der Waals surface area contributed by atoms with Crippen molar-refractivity contribution in [3.63, 3.8) is 0 Å². The number of nitrogen functional groups attached to an aromatic ring is 1. The Balaban J connectivity index is 1.24. The van der Waals surface area contributed by atoms with E-state index in [4.69, 9.17) is 15.8 Å². The van der Waals surface area contributed by atoms with Gasteiger partial charge in [-0.3, -0.25) is 9.72 Å². The number of aromatic nitrogens is 5. The molecule has 4 N–H and O–H groups in total. The van der Waals surface area contributed by atoms with Gasteiger partial charge in [0.05, 0.1) is 17.4 Å². The van der Waals surface area contributed by atoms with E-state index in [1.165, 1.54) is 6.07 Å². The highest BCUT2D eigenvalue weighted by Crippen LogP contribution is 2.42. The van der Waals surface area contributed by atoms with E-state index in [0.717, 1.165) is 50.3 Å². The Bertz CT molecular complexity index is 1570. The smallest absolute Gasteiger partial charge is 0.324 e. The van der Waals surface area contributed by atoms with Crippen LogP contribution in [0.1, 0.15) is 69.9 Å². The van der Waals surface area contributed by atoms with Gasteiger partial charge in [0.15, 0.2) is 0 Å². The molecule has 1 aliphatic carbocycles. The Morgan fingerprint density at radius 1 is 1.10 bits per heavy atom. The minimum atomic E-state index is -0.566. The van der Waals surface area contributed by atoms with E-state index in [0.29, 0.717) is 34.3 Å². The summed E-state index contributed by atoms with van der Waals surface area (Å²) in [6.07, 6.45) is 7.52. The topological polar surface area (TPSA) is 118 Å². The summed E-state index contributed by atoms with van der Waals surface area (Å²) in [7, 11) is 2.11. The highest BCUT2D eigenvalue weighted by atomic mass is 19.1. The normalized spacial score (nSPS) is 16.9. The van der Waals surface area contributed by atoms with Gasteiger partial charge in [-0.2, -0.15) is 5.10 Å². The second-order valence-electron chi connectivity index (χ2n) is 12.0. The van der Waals surface area contributed by atoms with Crippen molar-refractivity contribution in [1.82, 2.24) is 29.0 Å². The number of carbonyl (C=O) groups excluding carboxylic acids is 1. The molecular weight excluding hydrogens is 509 g/mol. The van der Waals surface area contributed by atoms with E-state index in [-0.39, 0.29) is 17.1 Å². The molecule has 2 aliphatic rings. The minimum absolute atomic E-state index is 0.0691. The number of carbonyl (C=O) groups is 1. The maximum atomic E-state index is 15.3. The number of benzene rings is 1. The molecule has 11 heteroatoms. The maximum absolute atomic E-state index is 15.3. The van der Waals surface area contributed by atoms with Crippen LogP contribution in [0.25, 0.3) is 16.8 Å². The molecular formula is C29H36FN9O. The summed E-state index contributed by atoms with van der Waals surface area (Å²) in [4.78, 5) is 24.4. The average Bonchev–Trinajstić information content (AvgIpc) is 3.53. The number of urea groups is 1. The summed E-state index contributed by atoms with van der Waals surface area (Å²) >= 11 is 0. The van der Waals surface area contributed by atoms with Crippen LogP contribution in [0.15, 0.2) is 36.7 Å². The van der Waals surface area contributed by atoms with Crippen molar-refractivity contribution in [1.29, 1.82) is 0 Å². The zero-order valence-corrected chi connectivity index (χ0v) is 23.4. The SMILES string of the molecule is CN1CCC(n2nc(C(C)(C)C)cc2NC(=O)Nc2ccc(-c3nc(C4CC4)n4ccnc(N)c34)cc2F)CC1. The van der Waals surface area contributed by atoms with E-state index in [1.54, 1.807) is 18.3 Å². The fourth-order valence-electron chi connectivity index (χ4n) is 5.32. The van der Waals surface area contributed by atoms with Crippen molar-refractivity contribution in [2.24, 2.45) is 0 Å². The predicted molar refractivity (Wildman–Crippen MR) is 154 cm³/mol. The molecule has 1 saturated heterocycles. The number of halogens is 1. The summed E-state index contributed by atoms with van der Waals surface area (Å²) in [6, 6.07) is 6.24. The van der Waals surface area contributed by atoms with E-state index >= 15 is 4.39 Å². The van der Waals surface area contributed by atoms with Crippen molar-refractivity contribution in [2.45, 2.75) is 63.8 Å². The lowest BCUT2D eigenvalue weighted by Crippen LogP contribution is -2.33. The molecule has 0 radical (unpaired) electrons. The second kappa shape index (κ2) is 9.88. The number of piperidine rings is 1. The number of anilines is 3. The van der Waals surface area contributed by atoms with Crippen LogP contribution in [0.2, 0.25) is 0 Å². The zero-order chi connectivity index (χ0) is 28.2. The summed E-state index contributed by atoms with van der Waals surface area (Å²) in [5, 5.41) is 10.4. The largest absolute Gasteiger partial charge is 0.382 e. The van der Waals surface area contributed by atoms with Gasteiger partial charge in [0.2, 0.25) is 0 Å². The predicted octanol–water partition coefficient (Wildman–Crippen LogP) is 5.40. The first-order valence-electron chi connectivity index (χ1n) is 13.9. The monoisotopic (exact) mass is 545 g/mol. The zero-order valence-electron chi connectivity index (χ0n) is 23.4. The summed E-state index contributed by atoms with van der Waals surface area (Å²) in [5.41, 5.74) is 8.80. The number of likely N-dealkylation sites (tertiary alicyclic amines) is 1. The molecule has 10 nitrogen and oxygen atoms in total. The molecule has 1 saturated carbocycles. The number of rotatable bonds is 5. The maximum Gasteiger partial charge on any atom is 0.324 e. The van der Waals surface area contributed by atoms with E-state index < -0.39 is 11.8 Å². The van der Waals surface area contributed by atoms with Crippen molar-refractivity contribution in [2.75, 3.05) is 36.5 Å². The van der Waals surface area contributed by atoms with Crippen LogP contribution in [-0.4, -0.2) is 55.2 Å². The Morgan fingerprint density at radius 2 is 1.85 bits per heavy atom. The highest BCUT2D eigenvalue weighted by Gasteiger charge is 2.31. The fraction of sp³-hybridized carbons (Fsp3) is 0.448. The van der Waals surface area contributed by atoms with Gasteiger partial charge in [-0.05, 0) is 58.0 Å². The number of nitrogens with two attached hydrogens (primary N) is 1. The third-order valence-electron chi connectivity index (χ3n) is 7.82. The molecule has 6 rings (SSSR count). The molecule has 40 heavy (non-hydrogen) atoms. The van der Waals surface area contributed by atoms with Gasteiger partial charge < -0.3 is 16.0 Å². The van der Waals surface area contributed by atoms with Gasteiger partial charge >= 0.3 is 6.03 Å². The highest BCUT2D eigenvalue weighted by molar-refractivity contribution is 5.99. The van der Waals surface area contributed by atoms with Gasteiger partial charge in [0, 0.05) is 35.4 Å². The first-order chi connectivity index (χ1) is 19.1. The van der Waals surface area contributed by atoms with Crippen LogP contribution in [0.3, 0.4) is 0 Å². The summed E-state index contributed by atoms with van der Waals surface area (Å²) in [6.45, 7) is 8.21. The third-order valence-corrected chi connectivity index (χ3v) is 7.82. The number of imidazole rings is 1.